The van der Waals surface area contributed by atoms with Gasteiger partial charge in [-0.25, -0.2) is 13.8 Å². The molecule has 240 valence electrons. The third-order valence-electron chi connectivity index (χ3n) is 6.84. The summed E-state index contributed by atoms with van der Waals surface area (Å²) in [5, 5.41) is 12.4. The number of hydrogen-bond donors (Lipinski definition) is 2. The first-order chi connectivity index (χ1) is 21.3. The van der Waals surface area contributed by atoms with Gasteiger partial charge >= 0.3 is 5.97 Å². The third-order valence-corrected chi connectivity index (χ3v) is 7.40. The maximum absolute atomic E-state index is 14.2. The summed E-state index contributed by atoms with van der Waals surface area (Å²) in [6, 6.07) is 14.8. The molecular weight excluding hydrogens is 629 g/mol. The molecule has 1 amide bonds. The van der Waals surface area contributed by atoms with Gasteiger partial charge < -0.3 is 24.6 Å². The van der Waals surface area contributed by atoms with Crippen molar-refractivity contribution in [3.63, 3.8) is 0 Å². The van der Waals surface area contributed by atoms with E-state index >= 15 is 0 Å². The standard InChI is InChI=1S/C33H34Cl2F2N2O6/c1-32(2,3)45-28(41)13-14-33(31(42)38-19-20-5-12-26(36)27(37)17-20)29(24-11-8-22(34)18-25(24)35)44-30(39-33)21-6-9-23(10-7-21)43-16-4-15-40/h5-12,17-18,29,40H,4,13-16,19H2,1-3H3,(H,38,42)/t29-,33-/m1/s1. The number of carbonyl (C=O) groups excluding carboxylic acids is 2. The van der Waals surface area contributed by atoms with Gasteiger partial charge in [-0.1, -0.05) is 35.3 Å². The van der Waals surface area contributed by atoms with Gasteiger partial charge in [0.15, 0.2) is 23.3 Å². The van der Waals surface area contributed by atoms with E-state index in [9.17, 15) is 18.4 Å². The number of carbonyl (C=O) groups is 2. The second-order valence-corrected chi connectivity index (χ2v) is 12.3. The fourth-order valence-electron chi connectivity index (χ4n) is 4.73. The van der Waals surface area contributed by atoms with Crippen LogP contribution in [0, 0.1) is 11.6 Å². The van der Waals surface area contributed by atoms with Crippen molar-refractivity contribution in [3.05, 3.63) is 99.0 Å². The van der Waals surface area contributed by atoms with Crippen LogP contribution >= 0.6 is 23.2 Å². The number of ether oxygens (including phenoxy) is 3. The molecule has 1 aliphatic heterocycles. The molecule has 3 aromatic carbocycles. The normalized spacial score (nSPS) is 17.8. The van der Waals surface area contributed by atoms with E-state index in [1.807, 2.05) is 0 Å². The van der Waals surface area contributed by atoms with Crippen molar-refractivity contribution in [1.29, 1.82) is 0 Å². The van der Waals surface area contributed by atoms with Crippen molar-refractivity contribution in [2.24, 2.45) is 4.99 Å². The number of esters is 1. The third kappa shape index (κ3) is 8.71. The highest BCUT2D eigenvalue weighted by Gasteiger charge is 2.54. The fourth-order valence-corrected chi connectivity index (χ4v) is 5.24. The van der Waals surface area contributed by atoms with Crippen LogP contribution in [0.5, 0.6) is 5.75 Å². The second kappa shape index (κ2) is 14.6. The minimum atomic E-state index is -1.74. The summed E-state index contributed by atoms with van der Waals surface area (Å²) in [6.45, 7) is 5.38. The van der Waals surface area contributed by atoms with Gasteiger partial charge in [0.2, 0.25) is 5.90 Å². The lowest BCUT2D eigenvalue weighted by atomic mass is 9.83. The molecule has 4 rings (SSSR count). The van der Waals surface area contributed by atoms with Gasteiger partial charge in [0.25, 0.3) is 5.91 Å². The molecule has 0 bridgehead atoms. The Balaban J connectivity index is 1.75. The van der Waals surface area contributed by atoms with E-state index in [-0.39, 0.29) is 36.9 Å². The number of aliphatic imine (C=N–C) groups is 1. The molecule has 0 unspecified atom stereocenters. The second-order valence-electron chi connectivity index (χ2n) is 11.5. The Labute approximate surface area is 270 Å². The number of amides is 1. The van der Waals surface area contributed by atoms with Crippen LogP contribution in [0.2, 0.25) is 10.0 Å². The first kappa shape index (κ1) is 34.1. The Morgan fingerprint density at radius 3 is 2.42 bits per heavy atom. The zero-order chi connectivity index (χ0) is 32.8. The molecule has 8 nitrogen and oxygen atoms in total. The first-order valence-electron chi connectivity index (χ1n) is 14.3. The lowest BCUT2D eigenvalue weighted by Gasteiger charge is -2.31. The number of nitrogens with zero attached hydrogens (tertiary/aromatic N) is 1. The SMILES string of the molecule is CC(C)(C)OC(=O)CC[C@@]1(C(=O)NCc2ccc(F)c(F)c2)N=C(c2ccc(OCCCO)cc2)O[C@@H]1c1ccc(Cl)cc1Cl. The first-order valence-corrected chi connectivity index (χ1v) is 15.1. The van der Waals surface area contributed by atoms with Crippen LogP contribution in [0.1, 0.15) is 62.8 Å². The maximum atomic E-state index is 14.2. The van der Waals surface area contributed by atoms with E-state index in [0.717, 1.165) is 12.1 Å². The Morgan fingerprint density at radius 1 is 1.04 bits per heavy atom. The lowest BCUT2D eigenvalue weighted by Crippen LogP contribution is -2.48. The van der Waals surface area contributed by atoms with Crippen molar-refractivity contribution in [1.82, 2.24) is 5.32 Å². The van der Waals surface area contributed by atoms with Crippen molar-refractivity contribution >= 4 is 41.0 Å². The van der Waals surface area contributed by atoms with Crippen LogP contribution in [-0.2, 0) is 25.6 Å². The Bertz CT molecular complexity index is 1560. The van der Waals surface area contributed by atoms with Crippen molar-refractivity contribution in [3.8, 4) is 5.75 Å². The highest BCUT2D eigenvalue weighted by Crippen LogP contribution is 2.46. The highest BCUT2D eigenvalue weighted by molar-refractivity contribution is 6.35. The van der Waals surface area contributed by atoms with E-state index in [1.54, 1.807) is 57.2 Å². The molecule has 45 heavy (non-hydrogen) atoms. The van der Waals surface area contributed by atoms with Crippen LogP contribution in [0.15, 0.2) is 65.7 Å². The fraction of sp³-hybridized carbons (Fsp3) is 0.364. The smallest absolute Gasteiger partial charge is 0.306 e. The Morgan fingerprint density at radius 2 is 1.78 bits per heavy atom. The van der Waals surface area contributed by atoms with Gasteiger partial charge in [-0.3, -0.25) is 9.59 Å². The minimum Gasteiger partial charge on any atom is -0.494 e. The number of benzene rings is 3. The predicted molar refractivity (Wildman–Crippen MR) is 166 cm³/mol. The number of aliphatic hydroxyl groups excluding tert-OH is 1. The number of nitrogens with one attached hydrogen (secondary N) is 1. The quantitative estimate of drug-likeness (QED) is 0.165. The predicted octanol–water partition coefficient (Wildman–Crippen LogP) is 6.73. The summed E-state index contributed by atoms with van der Waals surface area (Å²) < 4.78 is 44.9. The Hall–Kier alpha value is -3.73. The monoisotopic (exact) mass is 662 g/mol. The molecule has 0 saturated carbocycles. The molecule has 2 atom stereocenters. The summed E-state index contributed by atoms with van der Waals surface area (Å²) in [5.74, 6) is -2.58. The van der Waals surface area contributed by atoms with Gasteiger partial charge in [-0.15, -0.1) is 0 Å². The topological polar surface area (TPSA) is 106 Å². The van der Waals surface area contributed by atoms with Gasteiger partial charge in [-0.05, 0) is 81.3 Å². The van der Waals surface area contributed by atoms with Gasteiger partial charge in [0.1, 0.15) is 11.4 Å². The van der Waals surface area contributed by atoms with Crippen LogP contribution in [0.4, 0.5) is 8.78 Å². The largest absolute Gasteiger partial charge is 0.494 e. The zero-order valence-corrected chi connectivity index (χ0v) is 26.6. The summed E-state index contributed by atoms with van der Waals surface area (Å²) >= 11 is 12.8. The van der Waals surface area contributed by atoms with E-state index < -0.39 is 40.8 Å². The molecule has 0 spiro atoms. The van der Waals surface area contributed by atoms with Crippen LogP contribution in [0.25, 0.3) is 0 Å². The molecule has 1 heterocycles. The molecule has 0 radical (unpaired) electrons. The number of aliphatic hydroxyl groups is 1. The van der Waals surface area contributed by atoms with Crippen molar-refractivity contribution < 1.29 is 37.7 Å². The summed E-state index contributed by atoms with van der Waals surface area (Å²) in [7, 11) is 0. The van der Waals surface area contributed by atoms with E-state index in [4.69, 9.17) is 47.5 Å². The van der Waals surface area contributed by atoms with Crippen LogP contribution in [-0.4, -0.2) is 47.2 Å². The maximum Gasteiger partial charge on any atom is 0.306 e. The summed E-state index contributed by atoms with van der Waals surface area (Å²) in [6.07, 6.45) is -0.970. The molecule has 2 N–H and O–H groups in total. The minimum absolute atomic E-state index is 0.000911. The zero-order valence-electron chi connectivity index (χ0n) is 25.0. The molecule has 0 aliphatic carbocycles. The number of hydrogen-bond acceptors (Lipinski definition) is 7. The van der Waals surface area contributed by atoms with Crippen LogP contribution < -0.4 is 10.1 Å². The average molecular weight is 664 g/mol. The summed E-state index contributed by atoms with van der Waals surface area (Å²) in [5.41, 5.74) is -1.27. The molecule has 3 aromatic rings. The molecule has 1 aliphatic rings. The molecule has 0 fully saturated rings. The molecular formula is C33H34Cl2F2N2O6. The number of halogens is 4. The van der Waals surface area contributed by atoms with Gasteiger partial charge in [0.05, 0.1) is 6.61 Å². The Kier molecular flexibility index (Phi) is 11.1. The van der Waals surface area contributed by atoms with Crippen LogP contribution in [0.3, 0.4) is 0 Å². The lowest BCUT2D eigenvalue weighted by molar-refractivity contribution is -0.155. The van der Waals surface area contributed by atoms with Crippen molar-refractivity contribution in [2.45, 2.75) is 63.8 Å². The molecule has 12 heteroatoms. The van der Waals surface area contributed by atoms with E-state index in [1.165, 1.54) is 12.1 Å². The highest BCUT2D eigenvalue weighted by atomic mass is 35.5. The van der Waals surface area contributed by atoms with Crippen molar-refractivity contribution in [2.75, 3.05) is 13.2 Å². The van der Waals surface area contributed by atoms with E-state index in [0.29, 0.717) is 40.5 Å². The summed E-state index contributed by atoms with van der Waals surface area (Å²) in [4.78, 5) is 31.9. The van der Waals surface area contributed by atoms with Gasteiger partial charge in [0, 0.05) is 47.2 Å². The number of rotatable bonds is 12. The molecule has 0 aromatic heterocycles. The average Bonchev–Trinajstić information content (AvgIpc) is 3.37. The van der Waals surface area contributed by atoms with Gasteiger partial charge in [-0.2, -0.15) is 0 Å². The molecule has 0 saturated heterocycles. The van der Waals surface area contributed by atoms with E-state index in [2.05, 4.69) is 5.32 Å².